The fourth-order valence-corrected chi connectivity index (χ4v) is 2.62. The molecule has 1 amide bonds. The monoisotopic (exact) mass is 289 g/mol. The number of carbonyl (C=O) groups excluding carboxylic acids is 2. The molecule has 1 heterocycles. The van der Waals surface area contributed by atoms with E-state index in [9.17, 15) is 14.7 Å². The van der Waals surface area contributed by atoms with Gasteiger partial charge in [0.1, 0.15) is 0 Å². The van der Waals surface area contributed by atoms with Crippen molar-refractivity contribution in [1.82, 2.24) is 4.90 Å². The first-order valence-electron chi connectivity index (χ1n) is 7.27. The molecule has 114 valence electrons. The van der Waals surface area contributed by atoms with E-state index in [1.807, 2.05) is 0 Å². The Morgan fingerprint density at radius 3 is 2.38 bits per heavy atom. The summed E-state index contributed by atoms with van der Waals surface area (Å²) in [5.74, 6) is -1.27. The van der Waals surface area contributed by atoms with Crippen LogP contribution in [0.25, 0.3) is 0 Å². The van der Waals surface area contributed by atoms with Gasteiger partial charge in [-0.2, -0.15) is 0 Å². The number of rotatable bonds is 4. The molecule has 1 saturated heterocycles. The fourth-order valence-electron chi connectivity index (χ4n) is 2.62. The SMILES string of the molecule is Cc1ccc(C)c(N2CCN(C(=O)CCC(=O)[O-])CC2)c1. The molecule has 1 aromatic rings. The van der Waals surface area contributed by atoms with E-state index in [4.69, 9.17) is 0 Å². The standard InChI is InChI=1S/C16H22N2O3/c1-12-3-4-13(2)14(11-12)17-7-9-18(10-8-17)15(19)5-6-16(20)21/h3-4,11H,5-10H2,1-2H3,(H,20,21)/p-1. The summed E-state index contributed by atoms with van der Waals surface area (Å²) in [7, 11) is 0. The van der Waals surface area contributed by atoms with Crippen LogP contribution in [0.1, 0.15) is 24.0 Å². The number of piperazine rings is 1. The smallest absolute Gasteiger partial charge is 0.223 e. The first kappa shape index (κ1) is 15.4. The Hall–Kier alpha value is -2.04. The predicted octanol–water partition coefficient (Wildman–Crippen LogP) is 0.482. The average Bonchev–Trinajstić information content (AvgIpc) is 2.47. The van der Waals surface area contributed by atoms with E-state index in [0.717, 1.165) is 13.1 Å². The van der Waals surface area contributed by atoms with E-state index < -0.39 is 5.97 Å². The summed E-state index contributed by atoms with van der Waals surface area (Å²) >= 11 is 0. The zero-order valence-corrected chi connectivity index (χ0v) is 12.6. The lowest BCUT2D eigenvalue weighted by Crippen LogP contribution is -2.49. The van der Waals surface area contributed by atoms with Gasteiger partial charge in [-0.05, 0) is 37.5 Å². The highest BCUT2D eigenvalue weighted by molar-refractivity contribution is 5.80. The van der Waals surface area contributed by atoms with Crippen LogP contribution in [-0.4, -0.2) is 43.0 Å². The molecule has 0 N–H and O–H groups in total. The second-order valence-electron chi connectivity index (χ2n) is 5.53. The molecule has 1 aliphatic heterocycles. The number of hydrogen-bond donors (Lipinski definition) is 0. The Balaban J connectivity index is 1.92. The summed E-state index contributed by atoms with van der Waals surface area (Å²) < 4.78 is 0. The van der Waals surface area contributed by atoms with Crippen molar-refractivity contribution in [1.29, 1.82) is 0 Å². The quantitative estimate of drug-likeness (QED) is 0.809. The number of nitrogens with zero attached hydrogens (tertiary/aromatic N) is 2. The minimum atomic E-state index is -1.17. The van der Waals surface area contributed by atoms with Crippen LogP contribution in [0.15, 0.2) is 18.2 Å². The Kier molecular flexibility index (Phi) is 4.83. The molecule has 5 nitrogen and oxygen atoms in total. The third-order valence-corrected chi connectivity index (χ3v) is 3.88. The van der Waals surface area contributed by atoms with E-state index in [1.54, 1.807) is 4.90 Å². The maximum Gasteiger partial charge on any atom is 0.223 e. The van der Waals surface area contributed by atoms with Gasteiger partial charge < -0.3 is 19.7 Å². The van der Waals surface area contributed by atoms with Gasteiger partial charge in [-0.25, -0.2) is 0 Å². The zero-order valence-electron chi connectivity index (χ0n) is 12.6. The molecular weight excluding hydrogens is 268 g/mol. The van der Waals surface area contributed by atoms with E-state index in [2.05, 4.69) is 36.9 Å². The highest BCUT2D eigenvalue weighted by atomic mass is 16.4. The Morgan fingerprint density at radius 2 is 1.76 bits per heavy atom. The fraction of sp³-hybridized carbons (Fsp3) is 0.500. The predicted molar refractivity (Wildman–Crippen MR) is 79.0 cm³/mol. The third-order valence-electron chi connectivity index (χ3n) is 3.88. The van der Waals surface area contributed by atoms with Crippen molar-refractivity contribution in [3.05, 3.63) is 29.3 Å². The van der Waals surface area contributed by atoms with Gasteiger partial charge >= 0.3 is 0 Å². The van der Waals surface area contributed by atoms with Crippen LogP contribution in [0.3, 0.4) is 0 Å². The second kappa shape index (κ2) is 6.61. The van der Waals surface area contributed by atoms with Crippen LogP contribution >= 0.6 is 0 Å². The molecule has 2 rings (SSSR count). The van der Waals surface area contributed by atoms with Crippen LogP contribution in [0.5, 0.6) is 0 Å². The molecule has 0 aromatic heterocycles. The highest BCUT2D eigenvalue weighted by Crippen LogP contribution is 2.23. The van der Waals surface area contributed by atoms with Gasteiger partial charge in [0.25, 0.3) is 0 Å². The summed E-state index contributed by atoms with van der Waals surface area (Å²) in [5.41, 5.74) is 3.68. The molecule has 0 unspecified atom stereocenters. The van der Waals surface area contributed by atoms with Gasteiger partial charge in [-0.3, -0.25) is 4.79 Å². The normalized spacial score (nSPS) is 15.1. The van der Waals surface area contributed by atoms with Crippen molar-refractivity contribution in [2.24, 2.45) is 0 Å². The summed E-state index contributed by atoms with van der Waals surface area (Å²) in [6.07, 6.45) is -0.165. The van der Waals surface area contributed by atoms with E-state index in [0.29, 0.717) is 13.1 Å². The van der Waals surface area contributed by atoms with Gasteiger partial charge in [0.2, 0.25) is 5.91 Å². The van der Waals surface area contributed by atoms with Crippen molar-refractivity contribution in [2.45, 2.75) is 26.7 Å². The lowest BCUT2D eigenvalue weighted by atomic mass is 10.1. The maximum absolute atomic E-state index is 11.9. The topological polar surface area (TPSA) is 63.7 Å². The van der Waals surface area contributed by atoms with Gasteiger partial charge in [0.05, 0.1) is 0 Å². The van der Waals surface area contributed by atoms with Crippen molar-refractivity contribution in [2.75, 3.05) is 31.1 Å². The Morgan fingerprint density at radius 1 is 1.10 bits per heavy atom. The maximum atomic E-state index is 11.9. The molecule has 0 spiro atoms. The lowest BCUT2D eigenvalue weighted by molar-refractivity contribution is -0.305. The molecule has 0 bridgehead atoms. The molecule has 0 saturated carbocycles. The van der Waals surface area contributed by atoms with Crippen LogP contribution < -0.4 is 10.0 Å². The largest absolute Gasteiger partial charge is 0.550 e. The molecule has 1 aromatic carbocycles. The number of aliphatic carboxylic acids is 1. The minimum absolute atomic E-state index is 0.0335. The number of hydrogen-bond acceptors (Lipinski definition) is 4. The van der Waals surface area contributed by atoms with Gasteiger partial charge in [0, 0.05) is 44.3 Å². The molecule has 1 aliphatic rings. The lowest BCUT2D eigenvalue weighted by Gasteiger charge is -2.37. The molecule has 0 aliphatic carbocycles. The van der Waals surface area contributed by atoms with E-state index in [-0.39, 0.29) is 18.7 Å². The number of aryl methyl sites for hydroxylation is 2. The minimum Gasteiger partial charge on any atom is -0.550 e. The van der Waals surface area contributed by atoms with Crippen LogP contribution in [-0.2, 0) is 9.59 Å². The zero-order chi connectivity index (χ0) is 15.4. The van der Waals surface area contributed by atoms with Gasteiger partial charge in [0.15, 0.2) is 0 Å². The number of carbonyl (C=O) groups is 2. The number of carboxylic acids is 1. The Bertz CT molecular complexity index is 534. The Labute approximate surface area is 125 Å². The summed E-state index contributed by atoms with van der Waals surface area (Å²) in [5, 5.41) is 10.4. The van der Waals surface area contributed by atoms with Gasteiger partial charge in [-0.1, -0.05) is 12.1 Å². The van der Waals surface area contributed by atoms with E-state index >= 15 is 0 Å². The molecule has 5 heteroatoms. The molecule has 21 heavy (non-hydrogen) atoms. The first-order valence-corrected chi connectivity index (χ1v) is 7.27. The summed E-state index contributed by atoms with van der Waals surface area (Å²) in [4.78, 5) is 26.3. The molecule has 1 fully saturated rings. The number of amides is 1. The van der Waals surface area contributed by atoms with Crippen LogP contribution in [0, 0.1) is 13.8 Å². The number of anilines is 1. The molecule has 0 atom stereocenters. The van der Waals surface area contributed by atoms with Gasteiger partial charge in [-0.15, -0.1) is 0 Å². The van der Waals surface area contributed by atoms with Crippen molar-refractivity contribution in [3.8, 4) is 0 Å². The first-order chi connectivity index (χ1) is 9.97. The average molecular weight is 289 g/mol. The van der Waals surface area contributed by atoms with Crippen molar-refractivity contribution < 1.29 is 14.7 Å². The highest BCUT2D eigenvalue weighted by Gasteiger charge is 2.21. The van der Waals surface area contributed by atoms with Crippen molar-refractivity contribution >= 4 is 17.6 Å². The summed E-state index contributed by atoms with van der Waals surface area (Å²) in [6.45, 7) is 7.00. The van der Waals surface area contributed by atoms with Crippen LogP contribution in [0.4, 0.5) is 5.69 Å². The van der Waals surface area contributed by atoms with Crippen LogP contribution in [0.2, 0.25) is 0 Å². The van der Waals surface area contributed by atoms with Crippen molar-refractivity contribution in [3.63, 3.8) is 0 Å². The molecule has 0 radical (unpaired) electrons. The second-order valence-corrected chi connectivity index (χ2v) is 5.53. The molecular formula is C16H21N2O3-. The third kappa shape index (κ3) is 3.97. The number of benzene rings is 1. The number of carboxylic acid groups (broad SMARTS) is 1. The van der Waals surface area contributed by atoms with E-state index in [1.165, 1.54) is 16.8 Å². The summed E-state index contributed by atoms with van der Waals surface area (Å²) in [6, 6.07) is 6.38.